The molecule has 2 atom stereocenters. The first-order chi connectivity index (χ1) is 7.27. The average Bonchev–Trinajstić information content (AvgIpc) is 2.31. The quantitative estimate of drug-likeness (QED) is 0.681. The first-order valence-electron chi connectivity index (χ1n) is 4.76. The number of hydrogen-bond acceptors (Lipinski definition) is 4. The van der Waals surface area contributed by atoms with Crippen LogP contribution in [0.5, 0.6) is 0 Å². The molecule has 4 nitrogen and oxygen atoms in total. The van der Waals surface area contributed by atoms with E-state index in [1.165, 1.54) is 7.11 Å². The second-order valence-corrected chi connectivity index (χ2v) is 3.15. The monoisotopic (exact) mass is 212 g/mol. The summed E-state index contributed by atoms with van der Waals surface area (Å²) in [5.41, 5.74) is 0.880. The Hall–Kier alpha value is -0.940. The van der Waals surface area contributed by atoms with Gasteiger partial charge in [0, 0.05) is 12.7 Å². The number of methoxy groups -OCH3 is 1. The van der Waals surface area contributed by atoms with Gasteiger partial charge in [-0.2, -0.15) is 0 Å². The molecule has 0 aliphatic rings. The molecule has 0 radical (unpaired) electrons. The van der Waals surface area contributed by atoms with Gasteiger partial charge in [-0.15, -0.1) is 0 Å². The predicted octanol–water partition coefficient (Wildman–Crippen LogP) is 0.701. The molecule has 0 aliphatic heterocycles. The van der Waals surface area contributed by atoms with Gasteiger partial charge in [-0.05, 0) is 0 Å². The highest BCUT2D eigenvalue weighted by atomic mass is 16.7. The first-order valence-corrected chi connectivity index (χ1v) is 4.76. The lowest BCUT2D eigenvalue weighted by Gasteiger charge is -2.18. The standard InChI is InChI=1S/C11H16O4/c1-14-11(15-8-10(13)7-12)9-5-3-2-4-6-9/h2-6,10-13H,7-8H2,1H3. The van der Waals surface area contributed by atoms with E-state index in [-0.39, 0.29) is 13.2 Å². The van der Waals surface area contributed by atoms with Crippen molar-refractivity contribution >= 4 is 0 Å². The zero-order chi connectivity index (χ0) is 11.1. The van der Waals surface area contributed by atoms with Crippen molar-refractivity contribution in [3.63, 3.8) is 0 Å². The molecule has 0 saturated carbocycles. The molecule has 4 heteroatoms. The van der Waals surface area contributed by atoms with Crippen LogP contribution >= 0.6 is 0 Å². The molecule has 1 aromatic rings. The largest absolute Gasteiger partial charge is 0.394 e. The summed E-state index contributed by atoms with van der Waals surface area (Å²) in [6, 6.07) is 9.41. The molecule has 1 rings (SSSR count). The summed E-state index contributed by atoms with van der Waals surface area (Å²) in [6.45, 7) is -0.269. The summed E-state index contributed by atoms with van der Waals surface area (Å²) in [7, 11) is 1.53. The van der Waals surface area contributed by atoms with Crippen LogP contribution in [0.3, 0.4) is 0 Å². The SMILES string of the molecule is COC(OCC(O)CO)c1ccccc1. The van der Waals surface area contributed by atoms with Crippen LogP contribution in [0.4, 0.5) is 0 Å². The number of aliphatic hydroxyl groups excluding tert-OH is 2. The minimum absolute atomic E-state index is 0.0455. The highest BCUT2D eigenvalue weighted by molar-refractivity contribution is 5.15. The van der Waals surface area contributed by atoms with Crippen LogP contribution in [0.15, 0.2) is 30.3 Å². The van der Waals surface area contributed by atoms with Crippen LogP contribution in [-0.2, 0) is 9.47 Å². The van der Waals surface area contributed by atoms with E-state index < -0.39 is 12.4 Å². The predicted molar refractivity (Wildman–Crippen MR) is 55.2 cm³/mol. The molecule has 0 aliphatic carbocycles. The fourth-order valence-corrected chi connectivity index (χ4v) is 1.16. The molecule has 0 fully saturated rings. The van der Waals surface area contributed by atoms with Gasteiger partial charge in [-0.25, -0.2) is 0 Å². The molecular weight excluding hydrogens is 196 g/mol. The van der Waals surface area contributed by atoms with Crippen molar-refractivity contribution in [3.05, 3.63) is 35.9 Å². The lowest BCUT2D eigenvalue weighted by Crippen LogP contribution is -2.21. The van der Waals surface area contributed by atoms with Gasteiger partial charge in [-0.3, -0.25) is 0 Å². The summed E-state index contributed by atoms with van der Waals surface area (Å²) in [4.78, 5) is 0. The van der Waals surface area contributed by atoms with E-state index >= 15 is 0 Å². The number of aliphatic hydroxyl groups is 2. The molecule has 1 aromatic carbocycles. The molecule has 2 N–H and O–H groups in total. The fraction of sp³-hybridized carbons (Fsp3) is 0.455. The maximum atomic E-state index is 9.12. The summed E-state index contributed by atoms with van der Waals surface area (Å²) in [5, 5.41) is 17.7. The van der Waals surface area contributed by atoms with Crippen molar-refractivity contribution in [1.29, 1.82) is 0 Å². The molecule has 0 saturated heterocycles. The van der Waals surface area contributed by atoms with Gasteiger partial charge < -0.3 is 19.7 Å². The van der Waals surface area contributed by atoms with Gasteiger partial charge in [0.05, 0.1) is 13.2 Å². The number of ether oxygens (including phenoxy) is 2. The lowest BCUT2D eigenvalue weighted by atomic mass is 10.2. The summed E-state index contributed by atoms with van der Waals surface area (Å²) in [6.07, 6.45) is -1.38. The Bertz CT molecular complexity index is 263. The Morgan fingerprint density at radius 1 is 1.27 bits per heavy atom. The van der Waals surface area contributed by atoms with Crippen LogP contribution in [0.25, 0.3) is 0 Å². The minimum atomic E-state index is -0.869. The van der Waals surface area contributed by atoms with E-state index in [0.29, 0.717) is 0 Å². The van der Waals surface area contributed by atoms with Crippen molar-refractivity contribution in [1.82, 2.24) is 0 Å². The maximum absolute atomic E-state index is 9.12. The fourth-order valence-electron chi connectivity index (χ4n) is 1.16. The average molecular weight is 212 g/mol. The minimum Gasteiger partial charge on any atom is -0.394 e. The second-order valence-electron chi connectivity index (χ2n) is 3.15. The molecule has 0 heterocycles. The Balaban J connectivity index is 2.50. The van der Waals surface area contributed by atoms with E-state index in [9.17, 15) is 0 Å². The lowest BCUT2D eigenvalue weighted by molar-refractivity contribution is -0.149. The van der Waals surface area contributed by atoms with Crippen molar-refractivity contribution in [3.8, 4) is 0 Å². The Morgan fingerprint density at radius 3 is 2.47 bits per heavy atom. The third-order valence-corrected chi connectivity index (χ3v) is 1.94. The molecule has 0 amide bonds. The van der Waals surface area contributed by atoms with Crippen molar-refractivity contribution in [2.75, 3.05) is 20.3 Å². The summed E-state index contributed by atoms with van der Waals surface area (Å²) < 4.78 is 10.4. The van der Waals surface area contributed by atoms with E-state index in [1.54, 1.807) is 0 Å². The molecule has 0 bridgehead atoms. The normalized spacial score (nSPS) is 14.9. The zero-order valence-electron chi connectivity index (χ0n) is 8.67. The number of hydrogen-bond donors (Lipinski definition) is 2. The Kier molecular flexibility index (Phi) is 5.28. The van der Waals surface area contributed by atoms with Gasteiger partial charge >= 0.3 is 0 Å². The van der Waals surface area contributed by atoms with Crippen molar-refractivity contribution < 1.29 is 19.7 Å². The molecular formula is C11H16O4. The van der Waals surface area contributed by atoms with Crippen molar-refractivity contribution in [2.24, 2.45) is 0 Å². The van der Waals surface area contributed by atoms with E-state index in [4.69, 9.17) is 19.7 Å². The van der Waals surface area contributed by atoms with Crippen LogP contribution in [0.2, 0.25) is 0 Å². The van der Waals surface area contributed by atoms with E-state index in [0.717, 1.165) is 5.56 Å². The Labute approximate surface area is 89.1 Å². The zero-order valence-corrected chi connectivity index (χ0v) is 8.67. The van der Waals surface area contributed by atoms with Crippen LogP contribution < -0.4 is 0 Å². The van der Waals surface area contributed by atoms with Gasteiger partial charge in [0.1, 0.15) is 6.10 Å². The second kappa shape index (κ2) is 6.53. The molecule has 15 heavy (non-hydrogen) atoms. The third-order valence-electron chi connectivity index (χ3n) is 1.94. The molecule has 0 aromatic heterocycles. The van der Waals surface area contributed by atoms with Crippen LogP contribution in [-0.4, -0.2) is 36.6 Å². The Morgan fingerprint density at radius 2 is 1.93 bits per heavy atom. The molecule has 2 unspecified atom stereocenters. The number of benzene rings is 1. The molecule has 84 valence electrons. The maximum Gasteiger partial charge on any atom is 0.183 e. The highest BCUT2D eigenvalue weighted by Gasteiger charge is 2.12. The summed E-state index contributed by atoms with van der Waals surface area (Å²) >= 11 is 0. The third kappa shape index (κ3) is 3.97. The smallest absolute Gasteiger partial charge is 0.183 e. The van der Waals surface area contributed by atoms with Crippen LogP contribution in [0, 0.1) is 0 Å². The topological polar surface area (TPSA) is 58.9 Å². The van der Waals surface area contributed by atoms with Gasteiger partial charge in [0.2, 0.25) is 0 Å². The summed E-state index contributed by atoms with van der Waals surface area (Å²) in [5.74, 6) is 0. The molecule has 0 spiro atoms. The highest BCUT2D eigenvalue weighted by Crippen LogP contribution is 2.17. The van der Waals surface area contributed by atoms with Crippen molar-refractivity contribution in [2.45, 2.75) is 12.4 Å². The van der Waals surface area contributed by atoms with Gasteiger partial charge in [0.25, 0.3) is 0 Å². The first kappa shape index (κ1) is 12.1. The van der Waals surface area contributed by atoms with Crippen LogP contribution in [0.1, 0.15) is 11.9 Å². The van der Waals surface area contributed by atoms with Gasteiger partial charge in [-0.1, -0.05) is 30.3 Å². The van der Waals surface area contributed by atoms with E-state index in [1.807, 2.05) is 30.3 Å². The van der Waals surface area contributed by atoms with E-state index in [2.05, 4.69) is 0 Å². The van der Waals surface area contributed by atoms with Gasteiger partial charge in [0.15, 0.2) is 6.29 Å². The number of rotatable bonds is 6.